The first kappa shape index (κ1) is 52.7. The summed E-state index contributed by atoms with van der Waals surface area (Å²) in [6, 6.07) is 48.9. The average molecular weight is 1020 g/mol. The molecule has 8 rings (SSSR count). The van der Waals surface area contributed by atoms with Crippen molar-refractivity contribution in [3.8, 4) is 0 Å². The van der Waals surface area contributed by atoms with Crippen molar-refractivity contribution >= 4 is 101 Å². The Kier molecular flexibility index (Phi) is 15.9. The lowest BCUT2D eigenvalue weighted by Crippen LogP contribution is -2.12. The van der Waals surface area contributed by atoms with E-state index in [9.17, 15) is 39.6 Å². The van der Waals surface area contributed by atoms with Gasteiger partial charge in [-0.2, -0.15) is 0 Å². The number of carboxylic acids is 4. The van der Waals surface area contributed by atoms with Crippen molar-refractivity contribution in [2.75, 3.05) is 4.90 Å². The van der Waals surface area contributed by atoms with Gasteiger partial charge < -0.3 is 25.3 Å². The monoisotopic (exact) mass is 1020 g/mol. The van der Waals surface area contributed by atoms with Gasteiger partial charge in [-0.15, -0.1) is 0 Å². The van der Waals surface area contributed by atoms with Crippen LogP contribution < -0.4 is 4.90 Å². The molecular formula is C65H41N5O8. The number of anilines is 3. The molecule has 0 aromatic heterocycles. The number of rotatable bonds is 15. The molecule has 0 spiro atoms. The van der Waals surface area contributed by atoms with Gasteiger partial charge in [0.2, 0.25) is 0 Å². The molecule has 0 saturated heterocycles. The summed E-state index contributed by atoms with van der Waals surface area (Å²) in [5, 5.41) is 37.9. The van der Waals surface area contributed by atoms with Gasteiger partial charge in [-0.3, -0.25) is 19.2 Å². The number of carbonyl (C=O) groups is 4. The van der Waals surface area contributed by atoms with E-state index < -0.39 is 46.7 Å². The minimum absolute atomic E-state index is 0.428. The van der Waals surface area contributed by atoms with Crippen molar-refractivity contribution in [1.29, 1.82) is 0 Å². The van der Waals surface area contributed by atoms with Gasteiger partial charge in [-0.1, -0.05) is 139 Å². The molecule has 7 aromatic rings. The zero-order valence-corrected chi connectivity index (χ0v) is 41.3. The third kappa shape index (κ3) is 12.2. The summed E-state index contributed by atoms with van der Waals surface area (Å²) in [4.78, 5) is 61.2. The fraction of sp³-hybridized carbons (Fsp3) is 0.0154. The van der Waals surface area contributed by atoms with Crippen LogP contribution in [0.5, 0.6) is 0 Å². The molecule has 0 fully saturated rings. The molecule has 1 aliphatic rings. The molecule has 1 heterocycles. The number of carboxylic acid groups (broad SMARTS) is 4. The van der Waals surface area contributed by atoms with Crippen LogP contribution in [0.25, 0.3) is 79.1 Å². The van der Waals surface area contributed by atoms with Gasteiger partial charge in [0, 0.05) is 5.69 Å². The van der Waals surface area contributed by atoms with Crippen molar-refractivity contribution in [3.63, 3.8) is 0 Å². The second-order valence-electron chi connectivity index (χ2n) is 17.5. The molecule has 1 aliphatic heterocycles. The SMILES string of the molecule is [C-]#[N+]/C(=C\c1ccc(C(=Cc2ccc3c(c2)C=Cc2cc(C=C(c4ccc(/C=C(\[N+]#[C-])C(=O)O)cc4)c4ccc(/C=C(\[N+]#[C-])C(=O)O)cc4)ccc2N3c2ccc(C)cc2)c2ccc(/C=C(\[N+]#[C-])C(=O)O)cc2)cc1)C(=O)O. The fourth-order valence-electron chi connectivity index (χ4n) is 8.52. The number of aryl methyl sites for hydroxylation is 1. The van der Waals surface area contributed by atoms with Crippen molar-refractivity contribution in [2.45, 2.75) is 6.92 Å². The zero-order chi connectivity index (χ0) is 55.5. The second kappa shape index (κ2) is 23.5. The molecule has 0 bridgehead atoms. The fourth-order valence-corrected chi connectivity index (χ4v) is 8.52. The second-order valence-corrected chi connectivity index (χ2v) is 17.5. The van der Waals surface area contributed by atoms with Crippen LogP contribution in [0.2, 0.25) is 0 Å². The van der Waals surface area contributed by atoms with E-state index in [0.29, 0.717) is 22.3 Å². The molecule has 0 radical (unpaired) electrons. The molecule has 0 saturated carbocycles. The molecule has 0 unspecified atom stereocenters. The van der Waals surface area contributed by atoms with E-state index in [1.807, 2.05) is 116 Å². The topological polar surface area (TPSA) is 170 Å². The van der Waals surface area contributed by atoms with E-state index in [2.05, 4.69) is 48.5 Å². The third-order valence-corrected chi connectivity index (χ3v) is 12.4. The lowest BCUT2D eigenvalue weighted by molar-refractivity contribution is -0.133. The highest BCUT2D eigenvalue weighted by Crippen LogP contribution is 2.44. The van der Waals surface area contributed by atoms with Crippen LogP contribution in [0, 0.1) is 33.2 Å². The lowest BCUT2D eigenvalue weighted by Gasteiger charge is -2.28. The van der Waals surface area contributed by atoms with Gasteiger partial charge in [0.05, 0.1) is 37.7 Å². The molecular weight excluding hydrogens is 979 g/mol. The molecule has 374 valence electrons. The van der Waals surface area contributed by atoms with E-state index in [4.69, 9.17) is 26.3 Å². The Morgan fingerprint density at radius 1 is 0.372 bits per heavy atom. The maximum Gasteiger partial charge on any atom is 0.333 e. The molecule has 0 atom stereocenters. The molecule has 78 heavy (non-hydrogen) atoms. The Hall–Kier alpha value is -11.6. The van der Waals surface area contributed by atoms with Crippen LogP contribution in [0.4, 0.5) is 17.1 Å². The summed E-state index contributed by atoms with van der Waals surface area (Å²) in [6.07, 6.45) is 13.3. The average Bonchev–Trinajstić information content (AvgIpc) is 3.68. The van der Waals surface area contributed by atoms with Gasteiger partial charge >= 0.3 is 23.9 Å². The lowest BCUT2D eigenvalue weighted by atomic mass is 9.93. The molecule has 0 aliphatic carbocycles. The number of benzene rings is 7. The Bertz CT molecular complexity index is 3570. The molecule has 0 amide bonds. The van der Waals surface area contributed by atoms with E-state index in [0.717, 1.165) is 78.3 Å². The van der Waals surface area contributed by atoms with Gasteiger partial charge in [0.15, 0.2) is 0 Å². The van der Waals surface area contributed by atoms with Gasteiger partial charge in [0.25, 0.3) is 22.8 Å². The first-order chi connectivity index (χ1) is 37.6. The van der Waals surface area contributed by atoms with Crippen molar-refractivity contribution in [3.05, 3.63) is 299 Å². The predicted molar refractivity (Wildman–Crippen MR) is 303 cm³/mol. The van der Waals surface area contributed by atoms with Crippen LogP contribution >= 0.6 is 0 Å². The summed E-state index contributed by atoms with van der Waals surface area (Å²) in [5.41, 5.74) is 12.2. The van der Waals surface area contributed by atoms with E-state index in [1.54, 1.807) is 48.5 Å². The minimum atomic E-state index is -1.33. The van der Waals surface area contributed by atoms with Crippen molar-refractivity contribution in [2.24, 2.45) is 0 Å². The summed E-state index contributed by atoms with van der Waals surface area (Å²) in [5.74, 6) is -5.34. The zero-order valence-electron chi connectivity index (χ0n) is 41.3. The van der Waals surface area contributed by atoms with E-state index in [1.165, 1.54) is 24.3 Å². The maximum absolute atomic E-state index is 11.6. The van der Waals surface area contributed by atoms with Crippen LogP contribution in [-0.2, 0) is 19.2 Å². The summed E-state index contributed by atoms with van der Waals surface area (Å²) in [6.45, 7) is 31.2. The Balaban J connectivity index is 1.25. The smallest absolute Gasteiger partial charge is 0.333 e. The van der Waals surface area contributed by atoms with Gasteiger partial charge in [-0.25, -0.2) is 19.4 Å². The van der Waals surface area contributed by atoms with Crippen LogP contribution in [0.3, 0.4) is 0 Å². The number of hydrogen-bond acceptors (Lipinski definition) is 5. The Labute approximate surface area is 448 Å². The number of fused-ring (bicyclic) bond motifs is 2. The van der Waals surface area contributed by atoms with Crippen molar-refractivity contribution in [1.82, 2.24) is 0 Å². The summed E-state index contributed by atoms with van der Waals surface area (Å²) < 4.78 is 0. The number of nitrogens with zero attached hydrogens (tertiary/aromatic N) is 5. The Morgan fingerprint density at radius 3 is 0.897 bits per heavy atom. The maximum atomic E-state index is 11.6. The van der Waals surface area contributed by atoms with Crippen LogP contribution in [0.15, 0.2) is 181 Å². The number of hydrogen-bond donors (Lipinski definition) is 4. The van der Waals surface area contributed by atoms with Crippen LogP contribution in [-0.4, -0.2) is 44.3 Å². The van der Waals surface area contributed by atoms with E-state index >= 15 is 0 Å². The predicted octanol–water partition coefficient (Wildman–Crippen LogP) is 14.5. The minimum Gasteiger partial charge on any atom is -0.486 e. The first-order valence-electron chi connectivity index (χ1n) is 23.6. The number of aliphatic carboxylic acids is 4. The normalized spacial score (nSPS) is 12.0. The van der Waals surface area contributed by atoms with Gasteiger partial charge in [-0.05, 0) is 158 Å². The molecule has 7 aromatic carbocycles. The first-order valence-corrected chi connectivity index (χ1v) is 23.6. The van der Waals surface area contributed by atoms with Gasteiger partial charge in [0.1, 0.15) is 0 Å². The quantitative estimate of drug-likeness (QED) is 0.0443. The van der Waals surface area contributed by atoms with Crippen LogP contribution in [0.1, 0.15) is 72.3 Å². The highest BCUT2D eigenvalue weighted by molar-refractivity contribution is 6.00. The molecule has 13 nitrogen and oxygen atoms in total. The van der Waals surface area contributed by atoms with E-state index in [-0.39, 0.29) is 0 Å². The summed E-state index contributed by atoms with van der Waals surface area (Å²) >= 11 is 0. The molecule has 4 N–H and O–H groups in total. The highest BCUT2D eigenvalue weighted by atomic mass is 16.4. The largest absolute Gasteiger partial charge is 0.486 e. The summed E-state index contributed by atoms with van der Waals surface area (Å²) in [7, 11) is 0. The third-order valence-electron chi connectivity index (χ3n) is 12.4. The Morgan fingerprint density at radius 2 is 0.641 bits per heavy atom. The van der Waals surface area contributed by atoms with Crippen molar-refractivity contribution < 1.29 is 39.6 Å². The standard InChI is InChI=1S/C65H41N5O8/c1-40-6-28-53(29-7-40)70-60-30-16-45(34-54(47-18-8-41(9-19-47)36-56(66-2)62(71)72)48-20-10-42(11-21-48)37-57(67-3)63(73)74)32-51(60)26-27-52-33-46(17-31-61(52)70)35-55(49-22-12-43(13-23-49)38-58(68-4)64(75)76)50-24-14-44(15-25-50)39-59(69-5)65(77)78/h6-39H,1H3,(H,71,72)(H,73,74)(H,75,76)(H,77,78)/b56-36-,57-37-,58-38-,59-39-. The highest BCUT2D eigenvalue weighted by Gasteiger charge is 2.22. The molecule has 13 heteroatoms.